The molecule has 1 aromatic carbocycles. The van der Waals surface area contributed by atoms with Gasteiger partial charge in [0.15, 0.2) is 0 Å². The van der Waals surface area contributed by atoms with Crippen LogP contribution in [0.1, 0.15) is 10.4 Å². The number of hydrazine groups is 1. The molecule has 0 bridgehead atoms. The van der Waals surface area contributed by atoms with Gasteiger partial charge in [-0.3, -0.25) is 20.4 Å². The van der Waals surface area contributed by atoms with E-state index >= 15 is 0 Å². The van der Waals surface area contributed by atoms with E-state index in [2.05, 4.69) is 0 Å². The fourth-order valence-corrected chi connectivity index (χ4v) is 0.890. The molecule has 0 aromatic heterocycles. The van der Waals surface area contributed by atoms with Crippen LogP contribution in [-0.4, -0.2) is 18.4 Å². The highest BCUT2D eigenvalue weighted by Crippen LogP contribution is 2.04. The van der Waals surface area contributed by atoms with Gasteiger partial charge in [0, 0.05) is 0 Å². The van der Waals surface area contributed by atoms with Gasteiger partial charge >= 0.3 is 0 Å². The summed E-state index contributed by atoms with van der Waals surface area (Å²) >= 11 is 0. The smallest absolute Gasteiger partial charge is 0.272 e. The van der Waals surface area contributed by atoms with Gasteiger partial charge in [-0.15, -0.1) is 0 Å². The quantitative estimate of drug-likeness (QED) is 0.579. The zero-order valence-electron chi connectivity index (χ0n) is 7.79. The number of amides is 2. The van der Waals surface area contributed by atoms with Crippen molar-refractivity contribution in [1.29, 1.82) is 0 Å². The number of carbonyl (C=O) groups excluding carboxylic acids is 2. The highest BCUT2D eigenvalue weighted by atomic mass is 19.1. The summed E-state index contributed by atoms with van der Waals surface area (Å²) < 4.78 is 13.0. The monoisotopic (exact) mass is 211 g/mol. The van der Waals surface area contributed by atoms with E-state index in [9.17, 15) is 14.0 Å². The van der Waals surface area contributed by atoms with Gasteiger partial charge in [-0.05, 0) is 12.1 Å². The van der Waals surface area contributed by atoms with E-state index in [0.717, 1.165) is 6.07 Å². The Bertz CT molecular complexity index is 381. The van der Waals surface area contributed by atoms with Crippen molar-refractivity contribution in [2.24, 2.45) is 5.73 Å². The van der Waals surface area contributed by atoms with Gasteiger partial charge in [0.2, 0.25) is 0 Å². The predicted octanol–water partition coefficient (Wildman–Crippen LogP) is -0.455. The lowest BCUT2D eigenvalue weighted by atomic mass is 10.2. The summed E-state index contributed by atoms with van der Waals surface area (Å²) in [7, 11) is 0. The number of halogens is 1. The average Bonchev–Trinajstić information content (AvgIpc) is 2.26. The Balaban J connectivity index is 2.62. The van der Waals surface area contributed by atoms with Gasteiger partial charge in [-0.25, -0.2) is 4.39 Å². The van der Waals surface area contributed by atoms with Crippen molar-refractivity contribution in [2.75, 3.05) is 6.54 Å². The van der Waals surface area contributed by atoms with Crippen LogP contribution in [-0.2, 0) is 4.79 Å². The molecule has 0 saturated carbocycles. The molecule has 0 spiro atoms. The Labute approximate surface area is 85.4 Å². The molecule has 0 saturated heterocycles. The van der Waals surface area contributed by atoms with Crippen LogP contribution in [0.25, 0.3) is 0 Å². The van der Waals surface area contributed by atoms with Gasteiger partial charge in [-0.1, -0.05) is 12.1 Å². The minimum Gasteiger partial charge on any atom is -0.322 e. The lowest BCUT2D eigenvalue weighted by molar-refractivity contribution is -0.120. The summed E-state index contributed by atoms with van der Waals surface area (Å²) in [5, 5.41) is 0. The van der Waals surface area contributed by atoms with Crippen LogP contribution in [0.4, 0.5) is 4.39 Å². The van der Waals surface area contributed by atoms with Crippen molar-refractivity contribution in [3.8, 4) is 0 Å². The minimum atomic E-state index is -0.727. The zero-order chi connectivity index (χ0) is 11.3. The van der Waals surface area contributed by atoms with Crippen LogP contribution >= 0.6 is 0 Å². The number of benzene rings is 1. The SMILES string of the molecule is NCC(=O)NNC(=O)c1ccccc1F. The molecule has 80 valence electrons. The molecule has 0 fully saturated rings. The zero-order valence-corrected chi connectivity index (χ0v) is 7.79. The molecule has 15 heavy (non-hydrogen) atoms. The Morgan fingerprint density at radius 1 is 1.27 bits per heavy atom. The van der Waals surface area contributed by atoms with Crippen molar-refractivity contribution in [2.45, 2.75) is 0 Å². The Kier molecular flexibility index (Phi) is 3.75. The normalized spacial score (nSPS) is 9.47. The molecule has 0 aliphatic carbocycles. The van der Waals surface area contributed by atoms with Gasteiger partial charge in [0.05, 0.1) is 12.1 Å². The van der Waals surface area contributed by atoms with Crippen LogP contribution in [0.3, 0.4) is 0 Å². The first-order valence-electron chi connectivity index (χ1n) is 4.19. The molecule has 1 rings (SSSR count). The number of carbonyl (C=O) groups is 2. The average molecular weight is 211 g/mol. The molecule has 4 N–H and O–H groups in total. The van der Waals surface area contributed by atoms with E-state index in [-0.39, 0.29) is 12.1 Å². The van der Waals surface area contributed by atoms with E-state index in [1.54, 1.807) is 0 Å². The molecule has 0 radical (unpaired) electrons. The molecule has 0 aliphatic heterocycles. The second-order valence-electron chi connectivity index (χ2n) is 2.69. The molecule has 6 heteroatoms. The van der Waals surface area contributed by atoms with Crippen molar-refractivity contribution in [1.82, 2.24) is 10.9 Å². The minimum absolute atomic E-state index is 0.144. The number of rotatable bonds is 2. The number of hydrogen-bond donors (Lipinski definition) is 3. The largest absolute Gasteiger partial charge is 0.322 e. The Hall–Kier alpha value is -1.95. The van der Waals surface area contributed by atoms with Crippen LogP contribution in [0.5, 0.6) is 0 Å². The fourth-order valence-electron chi connectivity index (χ4n) is 0.890. The Morgan fingerprint density at radius 2 is 1.93 bits per heavy atom. The van der Waals surface area contributed by atoms with Crippen LogP contribution in [0.2, 0.25) is 0 Å². The summed E-state index contributed by atoms with van der Waals surface area (Å²) in [6.45, 7) is -0.252. The van der Waals surface area contributed by atoms with Crippen LogP contribution < -0.4 is 16.6 Å². The first-order chi connectivity index (χ1) is 7.15. The van der Waals surface area contributed by atoms with Crippen molar-refractivity contribution in [3.05, 3.63) is 35.6 Å². The second-order valence-corrected chi connectivity index (χ2v) is 2.69. The van der Waals surface area contributed by atoms with Gasteiger partial charge in [-0.2, -0.15) is 0 Å². The molecule has 5 nitrogen and oxygen atoms in total. The summed E-state index contributed by atoms with van der Waals surface area (Å²) in [6.07, 6.45) is 0. The molecular formula is C9H10FN3O2. The molecule has 1 aromatic rings. The first-order valence-corrected chi connectivity index (χ1v) is 4.19. The van der Waals surface area contributed by atoms with Crippen molar-refractivity contribution in [3.63, 3.8) is 0 Å². The predicted molar refractivity (Wildman–Crippen MR) is 51.1 cm³/mol. The maximum atomic E-state index is 13.0. The van der Waals surface area contributed by atoms with Gasteiger partial charge in [0.25, 0.3) is 11.8 Å². The molecule has 0 atom stereocenters. The molecule has 0 heterocycles. The molecule has 2 amide bonds. The van der Waals surface area contributed by atoms with Crippen molar-refractivity contribution < 1.29 is 14.0 Å². The van der Waals surface area contributed by atoms with E-state index in [4.69, 9.17) is 5.73 Å². The summed E-state index contributed by atoms with van der Waals surface area (Å²) in [4.78, 5) is 22.0. The fraction of sp³-hybridized carbons (Fsp3) is 0.111. The third-order valence-corrected chi connectivity index (χ3v) is 1.62. The standard InChI is InChI=1S/C9H10FN3O2/c10-7-4-2-1-3-6(7)9(15)13-12-8(14)5-11/h1-4H,5,11H2,(H,12,14)(H,13,15). The van der Waals surface area contributed by atoms with Gasteiger partial charge < -0.3 is 5.73 Å². The Morgan fingerprint density at radius 3 is 2.53 bits per heavy atom. The topological polar surface area (TPSA) is 84.2 Å². The van der Waals surface area contributed by atoms with Crippen molar-refractivity contribution >= 4 is 11.8 Å². The van der Waals surface area contributed by atoms with E-state index in [0.29, 0.717) is 0 Å². The van der Waals surface area contributed by atoms with E-state index in [1.807, 2.05) is 10.9 Å². The molecule has 0 unspecified atom stereocenters. The van der Waals surface area contributed by atoms with E-state index < -0.39 is 17.6 Å². The lowest BCUT2D eigenvalue weighted by Gasteiger charge is -2.06. The summed E-state index contributed by atoms with van der Waals surface area (Å²) in [6, 6.07) is 5.44. The first kappa shape index (κ1) is 11.1. The van der Waals surface area contributed by atoms with Crippen LogP contribution in [0.15, 0.2) is 24.3 Å². The highest BCUT2D eigenvalue weighted by Gasteiger charge is 2.10. The summed E-state index contributed by atoms with van der Waals surface area (Å²) in [5.74, 6) is -1.94. The maximum absolute atomic E-state index is 13.0. The molecule has 0 aliphatic rings. The second kappa shape index (κ2) is 5.06. The number of hydrogen-bond acceptors (Lipinski definition) is 3. The highest BCUT2D eigenvalue weighted by molar-refractivity contribution is 5.95. The number of nitrogens with two attached hydrogens (primary N) is 1. The lowest BCUT2D eigenvalue weighted by Crippen LogP contribution is -2.44. The van der Waals surface area contributed by atoms with Gasteiger partial charge in [0.1, 0.15) is 5.82 Å². The summed E-state index contributed by atoms with van der Waals surface area (Å²) in [5.41, 5.74) is 8.91. The number of nitrogens with one attached hydrogen (secondary N) is 2. The molecular weight excluding hydrogens is 201 g/mol. The third-order valence-electron chi connectivity index (χ3n) is 1.62. The third kappa shape index (κ3) is 3.03. The maximum Gasteiger partial charge on any atom is 0.272 e. The van der Waals surface area contributed by atoms with Crippen LogP contribution in [0, 0.1) is 5.82 Å². The van der Waals surface area contributed by atoms with E-state index in [1.165, 1.54) is 18.2 Å².